The highest BCUT2D eigenvalue weighted by Crippen LogP contribution is 2.28. The van der Waals surface area contributed by atoms with Gasteiger partial charge in [-0.25, -0.2) is 0 Å². The quantitative estimate of drug-likeness (QED) is 0.467. The van der Waals surface area contributed by atoms with Crippen LogP contribution in [0, 0.1) is 0 Å². The number of aliphatic imine (C=N–C) groups is 1. The van der Waals surface area contributed by atoms with Crippen LogP contribution in [0.2, 0.25) is 0 Å². The number of hydrogen-bond acceptors (Lipinski definition) is 2. The van der Waals surface area contributed by atoms with Gasteiger partial charge < -0.3 is 15.5 Å². The first-order chi connectivity index (χ1) is 12.8. The summed E-state index contributed by atoms with van der Waals surface area (Å²) in [6.07, 6.45) is 8.75. The highest BCUT2D eigenvalue weighted by Gasteiger charge is 2.23. The maximum atomic E-state index is 12.5. The van der Waals surface area contributed by atoms with Crippen molar-refractivity contribution < 1.29 is 4.79 Å². The highest BCUT2D eigenvalue weighted by molar-refractivity contribution is 5.95. The fourth-order valence-electron chi connectivity index (χ4n) is 3.91. The van der Waals surface area contributed by atoms with Crippen molar-refractivity contribution in [3.8, 4) is 0 Å². The first-order valence-electron chi connectivity index (χ1n) is 10.2. The molecule has 0 unspecified atom stereocenters. The molecule has 5 nitrogen and oxygen atoms in total. The Balaban J connectivity index is 1.45. The highest BCUT2D eigenvalue weighted by atomic mass is 16.2. The molecular weight excluding hydrogens is 324 g/mol. The van der Waals surface area contributed by atoms with Crippen LogP contribution < -0.4 is 15.5 Å². The molecule has 2 N–H and O–H groups in total. The Kier molecular flexibility index (Phi) is 6.92. The monoisotopic (exact) mass is 356 g/mol. The zero-order chi connectivity index (χ0) is 18.2. The zero-order valence-corrected chi connectivity index (χ0v) is 16.0. The topological polar surface area (TPSA) is 56.7 Å². The second-order valence-electron chi connectivity index (χ2n) is 7.27. The van der Waals surface area contributed by atoms with Crippen molar-refractivity contribution in [3.05, 3.63) is 29.8 Å². The number of nitrogens with one attached hydrogen (secondary N) is 2. The second-order valence-corrected chi connectivity index (χ2v) is 7.27. The number of anilines is 1. The summed E-state index contributed by atoms with van der Waals surface area (Å²) < 4.78 is 0. The van der Waals surface area contributed by atoms with E-state index in [1.165, 1.54) is 37.7 Å². The minimum absolute atomic E-state index is 0.218. The molecule has 0 spiro atoms. The summed E-state index contributed by atoms with van der Waals surface area (Å²) in [4.78, 5) is 19.2. The second kappa shape index (κ2) is 9.60. The number of carbonyl (C=O) groups excluding carboxylic acids is 1. The molecule has 1 aromatic carbocycles. The van der Waals surface area contributed by atoms with Gasteiger partial charge >= 0.3 is 0 Å². The van der Waals surface area contributed by atoms with E-state index in [4.69, 9.17) is 0 Å². The first-order valence-corrected chi connectivity index (χ1v) is 10.2. The summed E-state index contributed by atoms with van der Waals surface area (Å²) in [6, 6.07) is 8.77. The van der Waals surface area contributed by atoms with Crippen LogP contribution in [0.25, 0.3) is 0 Å². The van der Waals surface area contributed by atoms with Crippen molar-refractivity contribution in [2.75, 3.05) is 24.5 Å². The van der Waals surface area contributed by atoms with Crippen molar-refractivity contribution in [2.45, 2.75) is 64.3 Å². The summed E-state index contributed by atoms with van der Waals surface area (Å²) >= 11 is 0. The Labute approximate surface area is 157 Å². The summed E-state index contributed by atoms with van der Waals surface area (Å²) in [7, 11) is 0. The molecule has 1 fully saturated rings. The first kappa shape index (κ1) is 18.7. The fraction of sp³-hybridized carbons (Fsp3) is 0.619. The zero-order valence-electron chi connectivity index (χ0n) is 16.0. The normalized spacial score (nSPS) is 17.9. The lowest BCUT2D eigenvalue weighted by molar-refractivity contribution is -0.118. The molecule has 1 amide bonds. The summed E-state index contributed by atoms with van der Waals surface area (Å²) in [5.41, 5.74) is 2.37. The van der Waals surface area contributed by atoms with E-state index in [0.717, 1.165) is 37.6 Å². The molecule has 0 saturated heterocycles. The lowest BCUT2D eigenvalue weighted by Gasteiger charge is -2.24. The lowest BCUT2D eigenvalue weighted by atomic mass is 9.96. The van der Waals surface area contributed by atoms with Crippen LogP contribution in [0.15, 0.2) is 29.3 Å². The van der Waals surface area contributed by atoms with Gasteiger partial charge in [0.25, 0.3) is 0 Å². The average molecular weight is 357 g/mol. The molecule has 0 bridgehead atoms. The summed E-state index contributed by atoms with van der Waals surface area (Å²) in [5, 5.41) is 6.89. The van der Waals surface area contributed by atoms with Crippen molar-refractivity contribution in [1.29, 1.82) is 0 Å². The molecule has 0 atom stereocenters. The third-order valence-electron chi connectivity index (χ3n) is 5.30. The van der Waals surface area contributed by atoms with Gasteiger partial charge in [-0.2, -0.15) is 0 Å². The lowest BCUT2D eigenvalue weighted by Crippen LogP contribution is -2.44. The van der Waals surface area contributed by atoms with Crippen LogP contribution in [0.5, 0.6) is 0 Å². The van der Waals surface area contributed by atoms with Crippen molar-refractivity contribution >= 4 is 17.6 Å². The molecule has 1 heterocycles. The molecule has 0 aromatic heterocycles. The third kappa shape index (κ3) is 4.99. The Morgan fingerprint density at radius 2 is 2.04 bits per heavy atom. The predicted molar refractivity (Wildman–Crippen MR) is 108 cm³/mol. The van der Waals surface area contributed by atoms with Crippen LogP contribution in [0.3, 0.4) is 0 Å². The number of benzene rings is 1. The molecular formula is C21H32N4O. The van der Waals surface area contributed by atoms with Crippen molar-refractivity contribution in [2.24, 2.45) is 4.99 Å². The van der Waals surface area contributed by atoms with Gasteiger partial charge in [-0.05, 0) is 44.2 Å². The van der Waals surface area contributed by atoms with Gasteiger partial charge in [0.05, 0.1) is 0 Å². The maximum absolute atomic E-state index is 12.5. The van der Waals surface area contributed by atoms with Crippen molar-refractivity contribution in [1.82, 2.24) is 10.6 Å². The molecule has 2 aliphatic rings. The Hall–Kier alpha value is -2.04. The predicted octanol–water partition coefficient (Wildman–Crippen LogP) is 3.24. The van der Waals surface area contributed by atoms with Gasteiger partial charge in [0.15, 0.2) is 5.96 Å². The van der Waals surface area contributed by atoms with E-state index in [-0.39, 0.29) is 5.91 Å². The fourth-order valence-corrected chi connectivity index (χ4v) is 3.91. The van der Waals surface area contributed by atoms with Gasteiger partial charge in [0.2, 0.25) is 5.91 Å². The Morgan fingerprint density at radius 3 is 2.85 bits per heavy atom. The molecule has 1 aliphatic carbocycles. The van der Waals surface area contributed by atoms with E-state index in [2.05, 4.69) is 34.7 Å². The molecule has 5 heteroatoms. The van der Waals surface area contributed by atoms with Gasteiger partial charge in [-0.15, -0.1) is 0 Å². The number of guanidine groups is 1. The number of nitrogens with zero attached hydrogens (tertiary/aromatic N) is 2. The van der Waals surface area contributed by atoms with E-state index >= 15 is 0 Å². The molecule has 1 aliphatic heterocycles. The number of hydrogen-bond donors (Lipinski definition) is 2. The Bertz CT molecular complexity index is 622. The molecule has 26 heavy (non-hydrogen) atoms. The number of para-hydroxylation sites is 1. The van der Waals surface area contributed by atoms with Crippen LogP contribution in [-0.2, 0) is 11.2 Å². The number of carbonyl (C=O) groups is 1. The minimum Gasteiger partial charge on any atom is -0.357 e. The van der Waals surface area contributed by atoms with Crippen LogP contribution in [-0.4, -0.2) is 37.5 Å². The summed E-state index contributed by atoms with van der Waals surface area (Å²) in [6.45, 7) is 4.45. The van der Waals surface area contributed by atoms with Crippen LogP contribution in [0.1, 0.15) is 57.4 Å². The van der Waals surface area contributed by atoms with E-state index in [0.29, 0.717) is 19.0 Å². The molecule has 142 valence electrons. The maximum Gasteiger partial charge on any atom is 0.227 e. The number of amides is 1. The van der Waals surface area contributed by atoms with Crippen molar-refractivity contribution in [3.63, 3.8) is 0 Å². The van der Waals surface area contributed by atoms with Crippen LogP contribution >= 0.6 is 0 Å². The largest absolute Gasteiger partial charge is 0.357 e. The van der Waals surface area contributed by atoms with E-state index < -0.39 is 0 Å². The van der Waals surface area contributed by atoms with Crippen LogP contribution in [0.4, 0.5) is 5.69 Å². The van der Waals surface area contributed by atoms with Gasteiger partial charge in [0, 0.05) is 37.8 Å². The molecule has 1 aromatic rings. The SMILES string of the molecule is CCNC(=NCCCC(=O)N1CCc2ccccc21)NC1CCCCC1. The third-order valence-corrected chi connectivity index (χ3v) is 5.30. The van der Waals surface area contributed by atoms with Gasteiger partial charge in [0.1, 0.15) is 0 Å². The standard InChI is InChI=1S/C21H32N4O/c1-2-22-21(24-18-10-4-3-5-11-18)23-15-8-13-20(26)25-16-14-17-9-6-7-12-19(17)25/h6-7,9,12,18H,2-5,8,10-11,13-16H2,1H3,(H2,22,23,24). The van der Waals surface area contributed by atoms with E-state index in [1.807, 2.05) is 17.0 Å². The number of rotatable bonds is 6. The average Bonchev–Trinajstić information content (AvgIpc) is 3.10. The number of fused-ring (bicyclic) bond motifs is 1. The smallest absolute Gasteiger partial charge is 0.227 e. The molecule has 0 radical (unpaired) electrons. The summed E-state index contributed by atoms with van der Waals surface area (Å²) in [5.74, 6) is 1.12. The van der Waals surface area contributed by atoms with E-state index in [9.17, 15) is 4.79 Å². The minimum atomic E-state index is 0.218. The molecule has 3 rings (SSSR count). The molecule has 1 saturated carbocycles. The van der Waals surface area contributed by atoms with Gasteiger partial charge in [-0.1, -0.05) is 37.5 Å². The van der Waals surface area contributed by atoms with E-state index in [1.54, 1.807) is 0 Å². The Morgan fingerprint density at radius 1 is 1.23 bits per heavy atom. The van der Waals surface area contributed by atoms with Gasteiger partial charge in [-0.3, -0.25) is 9.79 Å².